The van der Waals surface area contributed by atoms with Crippen LogP contribution >= 0.6 is 0 Å². The molecule has 21 heavy (non-hydrogen) atoms. The molecule has 0 amide bonds. The molecule has 0 saturated carbocycles. The fraction of sp³-hybridized carbons (Fsp3) is 0.700. The molecule has 1 heteroatoms. The Bertz CT molecular complexity index is 329. The lowest BCUT2D eigenvalue weighted by Crippen LogP contribution is -2.05. The van der Waals surface area contributed by atoms with Gasteiger partial charge in [0.05, 0.1) is 0 Å². The van der Waals surface area contributed by atoms with Crippen LogP contribution in [0.2, 0.25) is 0 Å². The van der Waals surface area contributed by atoms with Gasteiger partial charge in [0.1, 0.15) is 0 Å². The van der Waals surface area contributed by atoms with Gasteiger partial charge in [-0.25, -0.2) is 0 Å². The van der Waals surface area contributed by atoms with Crippen LogP contribution in [0.4, 0.5) is 5.69 Å². The van der Waals surface area contributed by atoms with E-state index in [1.807, 2.05) is 12.1 Å². The van der Waals surface area contributed by atoms with E-state index in [2.05, 4.69) is 26.0 Å². The fourth-order valence-corrected chi connectivity index (χ4v) is 3.06. The molecular formula is C20H35N. The number of hydrogen-bond donors (Lipinski definition) is 1. The average Bonchev–Trinajstić information content (AvgIpc) is 2.50. The van der Waals surface area contributed by atoms with Crippen LogP contribution in [0.15, 0.2) is 24.3 Å². The van der Waals surface area contributed by atoms with E-state index in [1.54, 1.807) is 0 Å². The van der Waals surface area contributed by atoms with Gasteiger partial charge < -0.3 is 5.73 Å². The summed E-state index contributed by atoms with van der Waals surface area (Å²) in [5, 5.41) is 0. The second-order valence-electron chi connectivity index (χ2n) is 6.51. The molecule has 1 rings (SSSR count). The topological polar surface area (TPSA) is 26.0 Å². The summed E-state index contributed by atoms with van der Waals surface area (Å²) in [6, 6.07) is 8.50. The molecule has 0 bridgehead atoms. The monoisotopic (exact) mass is 289 g/mol. The van der Waals surface area contributed by atoms with Crippen LogP contribution in [-0.2, 0) is 6.42 Å². The van der Waals surface area contributed by atoms with Gasteiger partial charge in [-0.1, -0.05) is 90.2 Å². The molecule has 0 aromatic heterocycles. The lowest BCUT2D eigenvalue weighted by atomic mass is 9.89. The van der Waals surface area contributed by atoms with E-state index in [0.717, 1.165) is 11.6 Å². The summed E-state index contributed by atoms with van der Waals surface area (Å²) < 4.78 is 0. The molecule has 0 aliphatic rings. The number of benzene rings is 1. The maximum Gasteiger partial charge on any atom is 0.0314 e. The van der Waals surface area contributed by atoms with Crippen molar-refractivity contribution in [2.75, 3.05) is 5.73 Å². The van der Waals surface area contributed by atoms with Gasteiger partial charge in [0.15, 0.2) is 0 Å². The van der Waals surface area contributed by atoms with Crippen LogP contribution in [0.1, 0.15) is 83.6 Å². The van der Waals surface area contributed by atoms with Crippen molar-refractivity contribution in [2.45, 2.75) is 84.5 Å². The number of nitrogens with two attached hydrogens (primary N) is 1. The quantitative estimate of drug-likeness (QED) is 0.351. The van der Waals surface area contributed by atoms with Crippen molar-refractivity contribution in [1.29, 1.82) is 0 Å². The lowest BCUT2D eigenvalue weighted by molar-refractivity contribution is 0.404. The zero-order valence-corrected chi connectivity index (χ0v) is 14.2. The van der Waals surface area contributed by atoms with Crippen molar-refractivity contribution < 1.29 is 0 Å². The van der Waals surface area contributed by atoms with Crippen molar-refractivity contribution in [3.8, 4) is 0 Å². The van der Waals surface area contributed by atoms with Crippen molar-refractivity contribution in [3.63, 3.8) is 0 Å². The molecule has 0 fully saturated rings. The second kappa shape index (κ2) is 11.7. The Kier molecular flexibility index (Phi) is 10.0. The minimum Gasteiger partial charge on any atom is -0.399 e. The van der Waals surface area contributed by atoms with E-state index >= 15 is 0 Å². The molecule has 2 N–H and O–H groups in total. The van der Waals surface area contributed by atoms with Crippen LogP contribution in [0.5, 0.6) is 0 Å². The first-order valence-electron chi connectivity index (χ1n) is 9.10. The molecule has 0 aliphatic carbocycles. The number of nitrogen functional groups attached to an aromatic ring is 1. The SMILES string of the molecule is CCCCCCC(CCCCCC)Cc1ccc(N)cc1. The molecule has 1 aromatic rings. The van der Waals surface area contributed by atoms with E-state index in [-0.39, 0.29) is 0 Å². The van der Waals surface area contributed by atoms with Gasteiger partial charge in [0, 0.05) is 5.69 Å². The first kappa shape index (κ1) is 18.1. The summed E-state index contributed by atoms with van der Waals surface area (Å²) in [7, 11) is 0. The zero-order chi connectivity index (χ0) is 15.3. The van der Waals surface area contributed by atoms with Crippen molar-refractivity contribution >= 4 is 5.69 Å². The van der Waals surface area contributed by atoms with Gasteiger partial charge in [-0.15, -0.1) is 0 Å². The third-order valence-corrected chi connectivity index (χ3v) is 4.44. The molecule has 0 unspecified atom stereocenters. The molecule has 120 valence electrons. The number of rotatable bonds is 12. The molecule has 1 aromatic carbocycles. The summed E-state index contributed by atoms with van der Waals surface area (Å²) in [6.45, 7) is 4.58. The number of anilines is 1. The van der Waals surface area contributed by atoms with Crippen LogP contribution in [0, 0.1) is 5.92 Å². The molecule has 0 heterocycles. The predicted octanol–water partition coefficient (Wildman–Crippen LogP) is 6.37. The zero-order valence-electron chi connectivity index (χ0n) is 14.2. The van der Waals surface area contributed by atoms with E-state index in [1.165, 1.54) is 76.2 Å². The first-order valence-corrected chi connectivity index (χ1v) is 9.10. The summed E-state index contributed by atoms with van der Waals surface area (Å²) in [5.74, 6) is 0.863. The van der Waals surface area contributed by atoms with Gasteiger partial charge in [0.25, 0.3) is 0 Å². The fourth-order valence-electron chi connectivity index (χ4n) is 3.06. The van der Waals surface area contributed by atoms with Crippen LogP contribution in [-0.4, -0.2) is 0 Å². The summed E-state index contributed by atoms with van der Waals surface area (Å²) in [5.41, 5.74) is 8.12. The largest absolute Gasteiger partial charge is 0.399 e. The van der Waals surface area contributed by atoms with Gasteiger partial charge in [-0.2, -0.15) is 0 Å². The Hall–Kier alpha value is -0.980. The third kappa shape index (κ3) is 8.80. The van der Waals surface area contributed by atoms with Crippen LogP contribution in [0.25, 0.3) is 0 Å². The Labute approximate surface area is 132 Å². The van der Waals surface area contributed by atoms with Crippen molar-refractivity contribution in [1.82, 2.24) is 0 Å². The predicted molar refractivity (Wildman–Crippen MR) is 95.6 cm³/mol. The van der Waals surface area contributed by atoms with E-state index < -0.39 is 0 Å². The minimum atomic E-state index is 0.863. The Morgan fingerprint density at radius 2 is 1.29 bits per heavy atom. The number of unbranched alkanes of at least 4 members (excludes halogenated alkanes) is 6. The third-order valence-electron chi connectivity index (χ3n) is 4.44. The highest BCUT2D eigenvalue weighted by atomic mass is 14.5. The molecular weight excluding hydrogens is 254 g/mol. The smallest absolute Gasteiger partial charge is 0.0314 e. The standard InChI is InChI=1S/C20H35N/c1-3-5-7-9-11-18(12-10-8-6-4-2)17-19-13-15-20(21)16-14-19/h13-16,18H,3-12,17,21H2,1-2H3. The average molecular weight is 290 g/mol. The Morgan fingerprint density at radius 3 is 1.76 bits per heavy atom. The highest BCUT2D eigenvalue weighted by molar-refractivity contribution is 5.39. The van der Waals surface area contributed by atoms with E-state index in [0.29, 0.717) is 0 Å². The van der Waals surface area contributed by atoms with Crippen molar-refractivity contribution in [3.05, 3.63) is 29.8 Å². The molecule has 0 spiro atoms. The van der Waals surface area contributed by atoms with Crippen LogP contribution < -0.4 is 5.73 Å². The van der Waals surface area contributed by atoms with Gasteiger partial charge in [0.2, 0.25) is 0 Å². The maximum absolute atomic E-state index is 5.78. The van der Waals surface area contributed by atoms with Crippen LogP contribution in [0.3, 0.4) is 0 Å². The lowest BCUT2D eigenvalue weighted by Gasteiger charge is -2.17. The molecule has 0 aliphatic heterocycles. The highest BCUT2D eigenvalue weighted by Crippen LogP contribution is 2.23. The van der Waals surface area contributed by atoms with E-state index in [9.17, 15) is 0 Å². The first-order chi connectivity index (χ1) is 10.3. The minimum absolute atomic E-state index is 0.863. The maximum atomic E-state index is 5.78. The molecule has 0 atom stereocenters. The Balaban J connectivity index is 2.39. The highest BCUT2D eigenvalue weighted by Gasteiger charge is 2.09. The molecule has 1 nitrogen and oxygen atoms in total. The van der Waals surface area contributed by atoms with Gasteiger partial charge in [-0.3, -0.25) is 0 Å². The molecule has 0 saturated heterocycles. The Morgan fingerprint density at radius 1 is 0.762 bits per heavy atom. The van der Waals surface area contributed by atoms with Crippen molar-refractivity contribution in [2.24, 2.45) is 5.92 Å². The second-order valence-corrected chi connectivity index (χ2v) is 6.51. The molecule has 0 radical (unpaired) electrons. The summed E-state index contributed by atoms with van der Waals surface area (Å²) in [6.07, 6.45) is 15.1. The van der Waals surface area contributed by atoms with E-state index in [4.69, 9.17) is 5.73 Å². The summed E-state index contributed by atoms with van der Waals surface area (Å²) in [4.78, 5) is 0. The summed E-state index contributed by atoms with van der Waals surface area (Å²) >= 11 is 0. The number of hydrogen-bond acceptors (Lipinski definition) is 1. The van der Waals surface area contributed by atoms with Gasteiger partial charge >= 0.3 is 0 Å². The van der Waals surface area contributed by atoms with Gasteiger partial charge in [-0.05, 0) is 30.0 Å². The normalized spacial score (nSPS) is 11.2.